The third-order valence-electron chi connectivity index (χ3n) is 3.09. The van der Waals surface area contributed by atoms with Gasteiger partial charge in [0.2, 0.25) is 0 Å². The van der Waals surface area contributed by atoms with Crippen LogP contribution in [0.1, 0.15) is 5.56 Å². The molecule has 24 heavy (non-hydrogen) atoms. The fraction of sp³-hybridized carbons (Fsp3) is 0.267. The Morgan fingerprint density at radius 3 is 2.71 bits per heavy atom. The first kappa shape index (κ1) is 17.8. The molecule has 1 aromatic carbocycles. The minimum absolute atomic E-state index is 0.253. The van der Waals surface area contributed by atoms with Crippen molar-refractivity contribution in [1.82, 2.24) is 9.97 Å². The fourth-order valence-corrected chi connectivity index (χ4v) is 2.24. The zero-order chi connectivity index (χ0) is 17.5. The van der Waals surface area contributed by atoms with E-state index in [1.54, 1.807) is 20.3 Å². The van der Waals surface area contributed by atoms with Crippen molar-refractivity contribution < 1.29 is 19.4 Å². The van der Waals surface area contributed by atoms with Gasteiger partial charge in [0.15, 0.2) is 11.6 Å². The maximum Gasteiger partial charge on any atom is 0.322 e. The van der Waals surface area contributed by atoms with Crippen LogP contribution in [0.4, 0.5) is 11.6 Å². The van der Waals surface area contributed by atoms with Crippen LogP contribution in [0.3, 0.4) is 0 Å². The van der Waals surface area contributed by atoms with Gasteiger partial charge in [0.1, 0.15) is 22.6 Å². The average Bonchev–Trinajstić information content (AvgIpc) is 2.58. The molecule has 0 amide bonds. The lowest BCUT2D eigenvalue weighted by Gasteiger charge is -2.14. The van der Waals surface area contributed by atoms with Crippen LogP contribution in [0.15, 0.2) is 29.0 Å². The number of halogens is 1. The molecule has 1 aromatic heterocycles. The molecule has 0 aliphatic carbocycles. The summed E-state index contributed by atoms with van der Waals surface area (Å²) in [5.74, 6) is 1.17. The molecular weight excluding hydrogens is 380 g/mol. The molecule has 0 aliphatic heterocycles. The lowest BCUT2D eigenvalue weighted by Crippen LogP contribution is -2.15. The van der Waals surface area contributed by atoms with E-state index in [4.69, 9.17) is 14.6 Å². The van der Waals surface area contributed by atoms with Gasteiger partial charge < -0.3 is 25.2 Å². The number of nitrogens with zero attached hydrogens (tertiary/aromatic N) is 2. The molecule has 8 nitrogen and oxygen atoms in total. The largest absolute Gasteiger partial charge is 0.497 e. The van der Waals surface area contributed by atoms with E-state index in [-0.39, 0.29) is 6.54 Å². The number of carboxylic acids is 1. The molecule has 0 aliphatic rings. The highest BCUT2D eigenvalue weighted by molar-refractivity contribution is 9.10. The normalized spacial score (nSPS) is 10.1. The second-order valence-electron chi connectivity index (χ2n) is 4.67. The highest BCUT2D eigenvalue weighted by atomic mass is 79.9. The zero-order valence-corrected chi connectivity index (χ0v) is 14.8. The highest BCUT2D eigenvalue weighted by Gasteiger charge is 2.10. The minimum atomic E-state index is -0.984. The Morgan fingerprint density at radius 1 is 1.25 bits per heavy atom. The third kappa shape index (κ3) is 4.72. The maximum atomic E-state index is 10.7. The molecule has 0 radical (unpaired) electrons. The van der Waals surface area contributed by atoms with Crippen LogP contribution in [-0.4, -0.2) is 41.8 Å². The number of methoxy groups -OCH3 is 2. The molecule has 2 rings (SSSR count). The van der Waals surface area contributed by atoms with Crippen molar-refractivity contribution in [2.75, 3.05) is 31.4 Å². The summed E-state index contributed by atoms with van der Waals surface area (Å²) in [6.45, 7) is 0.164. The summed E-state index contributed by atoms with van der Waals surface area (Å²) in [5.41, 5.74) is 0.893. The number of nitrogens with one attached hydrogen (secondary N) is 2. The van der Waals surface area contributed by atoms with E-state index < -0.39 is 5.97 Å². The Hall–Kier alpha value is -2.55. The van der Waals surface area contributed by atoms with E-state index in [0.717, 1.165) is 5.56 Å². The first-order chi connectivity index (χ1) is 11.5. The maximum absolute atomic E-state index is 10.7. The summed E-state index contributed by atoms with van der Waals surface area (Å²) < 4.78 is 11.1. The van der Waals surface area contributed by atoms with Crippen LogP contribution in [0.5, 0.6) is 11.5 Å². The predicted octanol–water partition coefficient (Wildman–Crippen LogP) is 2.36. The van der Waals surface area contributed by atoms with E-state index >= 15 is 0 Å². The number of anilines is 2. The number of aromatic nitrogens is 2. The van der Waals surface area contributed by atoms with Gasteiger partial charge in [0.05, 0.1) is 20.4 Å². The van der Waals surface area contributed by atoms with Gasteiger partial charge in [-0.1, -0.05) is 0 Å². The van der Waals surface area contributed by atoms with Crippen LogP contribution in [0.2, 0.25) is 0 Å². The van der Waals surface area contributed by atoms with E-state index in [0.29, 0.717) is 34.3 Å². The molecule has 3 N–H and O–H groups in total. The fourth-order valence-electron chi connectivity index (χ4n) is 1.96. The topological polar surface area (TPSA) is 106 Å². The van der Waals surface area contributed by atoms with Crippen LogP contribution in [0, 0.1) is 0 Å². The monoisotopic (exact) mass is 396 g/mol. The van der Waals surface area contributed by atoms with Crippen LogP contribution in [-0.2, 0) is 11.3 Å². The smallest absolute Gasteiger partial charge is 0.322 e. The van der Waals surface area contributed by atoms with Gasteiger partial charge in [-0.2, -0.15) is 0 Å². The molecule has 2 aromatic rings. The summed E-state index contributed by atoms with van der Waals surface area (Å²) in [5, 5.41) is 14.6. The lowest BCUT2D eigenvalue weighted by atomic mass is 10.2. The van der Waals surface area contributed by atoms with Gasteiger partial charge in [-0.25, -0.2) is 9.97 Å². The van der Waals surface area contributed by atoms with Gasteiger partial charge in [-0.3, -0.25) is 4.79 Å². The van der Waals surface area contributed by atoms with Crippen molar-refractivity contribution in [2.45, 2.75) is 6.54 Å². The van der Waals surface area contributed by atoms with Crippen molar-refractivity contribution in [3.63, 3.8) is 0 Å². The first-order valence-electron chi connectivity index (χ1n) is 6.96. The summed E-state index contributed by atoms with van der Waals surface area (Å²) in [6.07, 6.45) is 1.49. The van der Waals surface area contributed by atoms with Crippen molar-refractivity contribution in [2.24, 2.45) is 0 Å². The molecule has 0 fully saturated rings. The molecule has 0 saturated carbocycles. The summed E-state index contributed by atoms with van der Waals surface area (Å²) >= 11 is 3.25. The number of hydrogen-bond acceptors (Lipinski definition) is 7. The van der Waals surface area contributed by atoms with Gasteiger partial charge in [-0.15, -0.1) is 0 Å². The molecule has 1 heterocycles. The SMILES string of the molecule is COc1ccc(CNc2nc(Br)cnc2NCC(=O)O)c(OC)c1. The summed E-state index contributed by atoms with van der Waals surface area (Å²) in [4.78, 5) is 19.1. The Morgan fingerprint density at radius 2 is 2.04 bits per heavy atom. The third-order valence-corrected chi connectivity index (χ3v) is 3.47. The number of rotatable bonds is 8. The first-order valence-corrected chi connectivity index (χ1v) is 7.75. The molecular formula is C15H17BrN4O4. The van der Waals surface area contributed by atoms with Crippen molar-refractivity contribution in [1.29, 1.82) is 0 Å². The highest BCUT2D eigenvalue weighted by Crippen LogP contribution is 2.26. The van der Waals surface area contributed by atoms with E-state index in [9.17, 15) is 4.79 Å². The van der Waals surface area contributed by atoms with Crippen LogP contribution < -0.4 is 20.1 Å². The van der Waals surface area contributed by atoms with Gasteiger partial charge in [0.25, 0.3) is 0 Å². The second kappa shape index (κ2) is 8.34. The number of benzene rings is 1. The van der Waals surface area contributed by atoms with Crippen molar-refractivity contribution >= 4 is 33.5 Å². The number of carboxylic acid groups (broad SMARTS) is 1. The number of hydrogen-bond donors (Lipinski definition) is 3. The minimum Gasteiger partial charge on any atom is -0.497 e. The Kier molecular flexibility index (Phi) is 6.19. The van der Waals surface area contributed by atoms with Crippen LogP contribution in [0.25, 0.3) is 0 Å². The summed E-state index contributed by atoms with van der Waals surface area (Å²) in [6, 6.07) is 5.49. The quantitative estimate of drug-likeness (QED) is 0.624. The standard InChI is InChI=1S/C15H17BrN4O4/c1-23-10-4-3-9(11(5-10)24-2)6-17-15-14(19-8-13(21)22)18-7-12(16)20-15/h3-5,7H,6,8H2,1-2H3,(H,17,20)(H,18,19)(H,21,22). The molecule has 0 bridgehead atoms. The second-order valence-corrected chi connectivity index (χ2v) is 5.48. The van der Waals surface area contributed by atoms with Gasteiger partial charge in [-0.05, 0) is 28.1 Å². The van der Waals surface area contributed by atoms with Crippen molar-refractivity contribution in [3.05, 3.63) is 34.6 Å². The summed E-state index contributed by atoms with van der Waals surface area (Å²) in [7, 11) is 3.17. The molecule has 0 atom stereocenters. The zero-order valence-electron chi connectivity index (χ0n) is 13.2. The van der Waals surface area contributed by atoms with Crippen LogP contribution >= 0.6 is 15.9 Å². The number of carbonyl (C=O) groups is 1. The molecule has 0 unspecified atom stereocenters. The lowest BCUT2D eigenvalue weighted by molar-refractivity contribution is -0.134. The van der Waals surface area contributed by atoms with Crippen molar-refractivity contribution in [3.8, 4) is 11.5 Å². The average molecular weight is 397 g/mol. The Balaban J connectivity index is 2.16. The van der Waals surface area contributed by atoms with Gasteiger partial charge in [0, 0.05) is 18.2 Å². The molecule has 9 heteroatoms. The van der Waals surface area contributed by atoms with Gasteiger partial charge >= 0.3 is 5.97 Å². The molecule has 0 saturated heterocycles. The van der Waals surface area contributed by atoms with E-state index in [1.807, 2.05) is 12.1 Å². The predicted molar refractivity (Wildman–Crippen MR) is 92.7 cm³/mol. The molecule has 128 valence electrons. The number of aliphatic carboxylic acids is 1. The number of ether oxygens (including phenoxy) is 2. The Bertz CT molecular complexity index is 727. The van der Waals surface area contributed by atoms with E-state index in [1.165, 1.54) is 6.20 Å². The molecule has 0 spiro atoms. The van der Waals surface area contributed by atoms with E-state index in [2.05, 4.69) is 36.5 Å². The Labute approximate surface area is 147 Å².